The van der Waals surface area contributed by atoms with Crippen LogP contribution < -0.4 is 9.64 Å². The first-order valence-corrected chi connectivity index (χ1v) is 9.59. The lowest BCUT2D eigenvalue weighted by atomic mass is 10.1. The number of hydrogen-bond acceptors (Lipinski definition) is 3. The normalized spacial score (nSPS) is 10.5. The summed E-state index contributed by atoms with van der Waals surface area (Å²) < 4.78 is 20.5. The van der Waals surface area contributed by atoms with Gasteiger partial charge in [-0.3, -0.25) is 9.78 Å². The van der Waals surface area contributed by atoms with Crippen LogP contribution in [-0.4, -0.2) is 24.5 Å². The number of carbonyl (C=O) groups excluding carboxylic acids is 1. The Labute approximate surface area is 170 Å². The molecule has 3 aromatic rings. The third-order valence-electron chi connectivity index (χ3n) is 4.68. The highest BCUT2D eigenvalue weighted by molar-refractivity contribution is 6.07. The van der Waals surface area contributed by atoms with Crippen LogP contribution in [0.25, 0.3) is 10.9 Å². The maximum absolute atomic E-state index is 14.9. The van der Waals surface area contributed by atoms with E-state index in [4.69, 9.17) is 11.2 Å². The number of rotatable bonds is 8. The van der Waals surface area contributed by atoms with Crippen molar-refractivity contribution in [1.82, 2.24) is 4.98 Å². The predicted molar refractivity (Wildman–Crippen MR) is 114 cm³/mol. The van der Waals surface area contributed by atoms with Crippen molar-refractivity contribution in [2.45, 2.75) is 25.7 Å². The van der Waals surface area contributed by atoms with Gasteiger partial charge >= 0.3 is 0 Å². The number of anilines is 1. The van der Waals surface area contributed by atoms with Crippen LogP contribution in [0, 0.1) is 18.2 Å². The summed E-state index contributed by atoms with van der Waals surface area (Å²) in [6.07, 6.45) is 10.3. The molecule has 0 saturated heterocycles. The highest BCUT2D eigenvalue weighted by Gasteiger charge is 2.19. The van der Waals surface area contributed by atoms with Gasteiger partial charge in [-0.05, 0) is 55.7 Å². The van der Waals surface area contributed by atoms with E-state index >= 15 is 0 Å². The molecule has 148 valence electrons. The largest absolute Gasteiger partial charge is 0.490 e. The molecule has 29 heavy (non-hydrogen) atoms. The van der Waals surface area contributed by atoms with Crippen molar-refractivity contribution in [3.05, 3.63) is 66.1 Å². The second-order valence-electron chi connectivity index (χ2n) is 6.73. The standard InChI is InChI=1S/C24H23FN2O2/c1-3-4-5-6-7-16-29-22-12-8-11-21(23(22)25)27(2)24(28)19-13-14-20-18(17-19)10-9-15-26-20/h1,8-15,17H,4-7,16H2,2H3. The van der Waals surface area contributed by atoms with Gasteiger partial charge in [-0.1, -0.05) is 12.1 Å². The van der Waals surface area contributed by atoms with Gasteiger partial charge in [0.15, 0.2) is 11.6 Å². The second kappa shape index (κ2) is 9.70. The Morgan fingerprint density at radius 1 is 1.17 bits per heavy atom. The van der Waals surface area contributed by atoms with E-state index in [-0.39, 0.29) is 17.3 Å². The molecule has 5 heteroatoms. The summed E-state index contributed by atoms with van der Waals surface area (Å²) in [6.45, 7) is 0.403. The van der Waals surface area contributed by atoms with Gasteiger partial charge < -0.3 is 9.64 Å². The Balaban J connectivity index is 1.71. The van der Waals surface area contributed by atoms with Crippen molar-refractivity contribution in [2.24, 2.45) is 0 Å². The smallest absolute Gasteiger partial charge is 0.258 e. The first kappa shape index (κ1) is 20.3. The molecule has 0 fully saturated rings. The highest BCUT2D eigenvalue weighted by atomic mass is 19.1. The minimum atomic E-state index is -0.547. The van der Waals surface area contributed by atoms with Gasteiger partial charge in [0.05, 0.1) is 17.8 Å². The van der Waals surface area contributed by atoms with Crippen LogP contribution in [0.1, 0.15) is 36.0 Å². The predicted octanol–water partition coefficient (Wildman–Crippen LogP) is 5.22. The summed E-state index contributed by atoms with van der Waals surface area (Å²) in [5.41, 5.74) is 1.44. The fraction of sp³-hybridized carbons (Fsp3) is 0.250. The monoisotopic (exact) mass is 390 g/mol. The molecule has 0 aliphatic carbocycles. The topological polar surface area (TPSA) is 42.4 Å². The minimum Gasteiger partial charge on any atom is -0.490 e. The minimum absolute atomic E-state index is 0.141. The summed E-state index contributed by atoms with van der Waals surface area (Å²) in [6, 6.07) is 13.8. The van der Waals surface area contributed by atoms with Crippen molar-refractivity contribution in [3.8, 4) is 18.1 Å². The van der Waals surface area contributed by atoms with E-state index in [1.54, 1.807) is 49.6 Å². The first-order valence-electron chi connectivity index (χ1n) is 9.59. The molecule has 2 aromatic carbocycles. The number of pyridine rings is 1. The maximum atomic E-state index is 14.9. The lowest BCUT2D eigenvalue weighted by molar-refractivity contribution is 0.0992. The van der Waals surface area contributed by atoms with Crippen molar-refractivity contribution < 1.29 is 13.9 Å². The number of fused-ring (bicyclic) bond motifs is 1. The number of benzene rings is 2. The number of unbranched alkanes of at least 4 members (excludes halogenated alkanes) is 3. The van der Waals surface area contributed by atoms with E-state index in [0.29, 0.717) is 12.2 Å². The van der Waals surface area contributed by atoms with Crippen molar-refractivity contribution in [1.29, 1.82) is 0 Å². The van der Waals surface area contributed by atoms with Crippen molar-refractivity contribution in [2.75, 3.05) is 18.6 Å². The average molecular weight is 390 g/mol. The Kier molecular flexibility index (Phi) is 6.80. The molecule has 0 atom stereocenters. The quantitative estimate of drug-likeness (QED) is 0.391. The molecule has 1 aromatic heterocycles. The van der Waals surface area contributed by atoms with Crippen LogP contribution in [-0.2, 0) is 0 Å². The molecule has 1 heterocycles. The van der Waals surface area contributed by atoms with Crippen LogP contribution in [0.2, 0.25) is 0 Å². The van der Waals surface area contributed by atoms with Gasteiger partial charge in [0.1, 0.15) is 0 Å². The van der Waals surface area contributed by atoms with E-state index in [9.17, 15) is 9.18 Å². The molecule has 0 unspecified atom stereocenters. The highest BCUT2D eigenvalue weighted by Crippen LogP contribution is 2.28. The maximum Gasteiger partial charge on any atom is 0.258 e. The molecule has 3 rings (SSSR count). The van der Waals surface area contributed by atoms with Crippen molar-refractivity contribution >= 4 is 22.5 Å². The number of hydrogen-bond donors (Lipinski definition) is 0. The first-order chi connectivity index (χ1) is 14.1. The Morgan fingerprint density at radius 3 is 2.86 bits per heavy atom. The molecular weight excluding hydrogens is 367 g/mol. The van der Waals surface area contributed by atoms with Crippen molar-refractivity contribution in [3.63, 3.8) is 0 Å². The molecule has 0 bridgehead atoms. The van der Waals surface area contributed by atoms with Crippen LogP contribution in [0.4, 0.5) is 10.1 Å². The van der Waals surface area contributed by atoms with E-state index in [1.807, 2.05) is 12.1 Å². The number of halogens is 1. The lowest BCUT2D eigenvalue weighted by Crippen LogP contribution is -2.27. The summed E-state index contributed by atoms with van der Waals surface area (Å²) >= 11 is 0. The van der Waals surface area contributed by atoms with Gasteiger partial charge in [-0.15, -0.1) is 12.3 Å². The van der Waals surface area contributed by atoms with Gasteiger partial charge in [0.2, 0.25) is 0 Å². The molecular formula is C24H23FN2O2. The zero-order valence-corrected chi connectivity index (χ0v) is 16.4. The van der Waals surface area contributed by atoms with E-state index in [2.05, 4.69) is 10.9 Å². The number of carbonyl (C=O) groups is 1. The Morgan fingerprint density at radius 2 is 2.03 bits per heavy atom. The Hall–Kier alpha value is -3.39. The summed E-state index contributed by atoms with van der Waals surface area (Å²) in [4.78, 5) is 18.4. The molecule has 1 amide bonds. The van der Waals surface area contributed by atoms with E-state index in [0.717, 1.165) is 36.6 Å². The van der Waals surface area contributed by atoms with Crippen LogP contribution in [0.5, 0.6) is 5.75 Å². The fourth-order valence-electron chi connectivity index (χ4n) is 3.07. The third-order valence-corrected chi connectivity index (χ3v) is 4.68. The van der Waals surface area contributed by atoms with E-state index in [1.165, 1.54) is 4.90 Å². The molecule has 0 saturated carbocycles. The zero-order chi connectivity index (χ0) is 20.6. The molecule has 0 N–H and O–H groups in total. The average Bonchev–Trinajstić information content (AvgIpc) is 2.76. The van der Waals surface area contributed by atoms with Gasteiger partial charge in [0, 0.05) is 30.6 Å². The van der Waals surface area contributed by atoms with Gasteiger partial charge in [0.25, 0.3) is 5.91 Å². The number of terminal acetylenes is 1. The Bertz CT molecular complexity index is 1040. The number of nitrogens with zero attached hydrogens (tertiary/aromatic N) is 2. The van der Waals surface area contributed by atoms with Crippen LogP contribution in [0.15, 0.2) is 54.7 Å². The van der Waals surface area contributed by atoms with Crippen LogP contribution in [0.3, 0.4) is 0 Å². The summed E-state index contributed by atoms with van der Waals surface area (Å²) in [5, 5.41) is 0.856. The fourth-order valence-corrected chi connectivity index (χ4v) is 3.07. The molecule has 0 aliphatic heterocycles. The number of amides is 1. The third kappa shape index (κ3) is 4.91. The molecule has 0 radical (unpaired) electrons. The SMILES string of the molecule is C#CCCCCCOc1cccc(N(C)C(=O)c2ccc3ncccc3c2)c1F. The zero-order valence-electron chi connectivity index (χ0n) is 16.4. The lowest BCUT2D eigenvalue weighted by Gasteiger charge is -2.19. The van der Waals surface area contributed by atoms with Gasteiger partial charge in [-0.2, -0.15) is 0 Å². The summed E-state index contributed by atoms with van der Waals surface area (Å²) in [7, 11) is 1.55. The second-order valence-corrected chi connectivity index (χ2v) is 6.73. The van der Waals surface area contributed by atoms with Crippen LogP contribution >= 0.6 is 0 Å². The van der Waals surface area contributed by atoms with Gasteiger partial charge in [-0.25, -0.2) is 4.39 Å². The number of ether oxygens (including phenoxy) is 1. The molecule has 0 spiro atoms. The van der Waals surface area contributed by atoms with E-state index < -0.39 is 5.82 Å². The number of aromatic nitrogens is 1. The molecule has 4 nitrogen and oxygen atoms in total. The summed E-state index contributed by atoms with van der Waals surface area (Å²) in [5.74, 6) is 1.89. The molecule has 0 aliphatic rings.